The predicted octanol–water partition coefficient (Wildman–Crippen LogP) is 1.50. The number of nitrogen functional groups attached to an aromatic ring is 2. The van der Waals surface area contributed by atoms with Crippen molar-refractivity contribution in [2.45, 2.75) is 31.7 Å². The van der Waals surface area contributed by atoms with E-state index in [1.807, 2.05) is 0 Å². The molecule has 102 valence electrons. The lowest BCUT2D eigenvalue weighted by Crippen LogP contribution is -2.18. The fourth-order valence-electron chi connectivity index (χ4n) is 2.05. The zero-order valence-electron chi connectivity index (χ0n) is 11.3. The summed E-state index contributed by atoms with van der Waals surface area (Å²) in [6.45, 7) is 6.35. The van der Waals surface area contributed by atoms with Gasteiger partial charge in [0.15, 0.2) is 0 Å². The molecule has 0 unspecified atom stereocenters. The zero-order valence-corrected chi connectivity index (χ0v) is 12.1. The van der Waals surface area contributed by atoms with E-state index in [1.54, 1.807) is 0 Å². The molecule has 1 heterocycles. The molecule has 5 N–H and O–H groups in total. The summed E-state index contributed by atoms with van der Waals surface area (Å²) < 4.78 is 1.35. The number of hydrazine groups is 1. The Labute approximate surface area is 116 Å². The SMILES string of the molecule is Cc1cc(C)c(CSc2nnc(NN)n2N)c(C)c1. The van der Waals surface area contributed by atoms with Gasteiger partial charge in [-0.25, -0.2) is 10.5 Å². The van der Waals surface area contributed by atoms with E-state index in [1.165, 1.54) is 38.7 Å². The van der Waals surface area contributed by atoms with Crippen LogP contribution in [-0.2, 0) is 5.75 Å². The maximum Gasteiger partial charge on any atom is 0.258 e. The summed E-state index contributed by atoms with van der Waals surface area (Å²) in [4.78, 5) is 0. The number of benzene rings is 1. The van der Waals surface area contributed by atoms with Crippen LogP contribution in [0, 0.1) is 20.8 Å². The van der Waals surface area contributed by atoms with Crippen molar-refractivity contribution in [2.75, 3.05) is 11.3 Å². The number of aryl methyl sites for hydroxylation is 3. The predicted molar refractivity (Wildman–Crippen MR) is 78.2 cm³/mol. The minimum Gasteiger partial charge on any atom is -0.334 e. The molecule has 0 fully saturated rings. The minimum absolute atomic E-state index is 0.347. The Bertz CT molecular complexity index is 569. The van der Waals surface area contributed by atoms with E-state index < -0.39 is 0 Å². The van der Waals surface area contributed by atoms with Gasteiger partial charge < -0.3 is 5.84 Å². The highest BCUT2D eigenvalue weighted by molar-refractivity contribution is 7.98. The number of rotatable bonds is 4. The first-order chi connectivity index (χ1) is 9.02. The van der Waals surface area contributed by atoms with Gasteiger partial charge in [-0.05, 0) is 37.5 Å². The summed E-state index contributed by atoms with van der Waals surface area (Å²) in [7, 11) is 0. The Hall–Kier alpha value is -1.73. The Kier molecular flexibility index (Phi) is 3.96. The van der Waals surface area contributed by atoms with Crippen LogP contribution < -0.4 is 17.1 Å². The van der Waals surface area contributed by atoms with Crippen molar-refractivity contribution in [1.29, 1.82) is 0 Å². The van der Waals surface area contributed by atoms with E-state index in [-0.39, 0.29) is 0 Å². The largest absolute Gasteiger partial charge is 0.334 e. The molecule has 0 amide bonds. The number of hydrogen-bond donors (Lipinski definition) is 3. The van der Waals surface area contributed by atoms with Crippen LogP contribution in [0.15, 0.2) is 17.3 Å². The summed E-state index contributed by atoms with van der Waals surface area (Å²) in [5.41, 5.74) is 7.54. The van der Waals surface area contributed by atoms with Crippen LogP contribution in [0.5, 0.6) is 0 Å². The van der Waals surface area contributed by atoms with E-state index in [0.29, 0.717) is 11.1 Å². The topological polar surface area (TPSA) is 94.8 Å². The molecule has 2 rings (SSSR count). The molecule has 0 bridgehead atoms. The van der Waals surface area contributed by atoms with E-state index >= 15 is 0 Å². The van der Waals surface area contributed by atoms with Crippen LogP contribution in [-0.4, -0.2) is 14.9 Å². The summed E-state index contributed by atoms with van der Waals surface area (Å²) >= 11 is 1.54. The third-order valence-corrected chi connectivity index (χ3v) is 3.95. The second-order valence-electron chi connectivity index (χ2n) is 4.49. The van der Waals surface area contributed by atoms with Gasteiger partial charge in [0.05, 0.1) is 0 Å². The minimum atomic E-state index is 0.347. The van der Waals surface area contributed by atoms with Crippen LogP contribution >= 0.6 is 11.8 Å². The number of thioether (sulfide) groups is 1. The highest BCUT2D eigenvalue weighted by Crippen LogP contribution is 2.26. The summed E-state index contributed by atoms with van der Waals surface area (Å²) in [5.74, 6) is 12.2. The molecular weight excluding hydrogens is 260 g/mol. The number of hydrogen-bond acceptors (Lipinski definition) is 6. The highest BCUT2D eigenvalue weighted by Gasteiger charge is 2.11. The molecule has 1 aromatic carbocycles. The Morgan fingerprint density at radius 2 is 1.84 bits per heavy atom. The average molecular weight is 278 g/mol. The van der Waals surface area contributed by atoms with Crippen LogP contribution in [0.3, 0.4) is 0 Å². The first kappa shape index (κ1) is 13.7. The smallest absolute Gasteiger partial charge is 0.258 e. The van der Waals surface area contributed by atoms with Crippen molar-refractivity contribution in [1.82, 2.24) is 14.9 Å². The van der Waals surface area contributed by atoms with Gasteiger partial charge in [-0.1, -0.05) is 29.5 Å². The maximum absolute atomic E-state index is 5.81. The van der Waals surface area contributed by atoms with Gasteiger partial charge in [0.2, 0.25) is 5.16 Å². The molecule has 7 heteroatoms. The first-order valence-electron chi connectivity index (χ1n) is 5.89. The molecule has 0 saturated heterocycles. The van der Waals surface area contributed by atoms with E-state index in [2.05, 4.69) is 48.5 Å². The fourth-order valence-corrected chi connectivity index (χ4v) is 3.10. The molecule has 0 spiro atoms. The molecule has 0 aliphatic carbocycles. The Balaban J connectivity index is 2.17. The van der Waals surface area contributed by atoms with Crippen LogP contribution in [0.4, 0.5) is 5.95 Å². The molecule has 0 saturated carbocycles. The van der Waals surface area contributed by atoms with Gasteiger partial charge in [-0.3, -0.25) is 5.43 Å². The standard InChI is InChI=1S/C12H18N6S/c1-7-4-8(2)10(9(3)5-7)6-19-12-17-16-11(15-13)18(12)14/h4-5H,6,13-14H2,1-3H3,(H,15,16). The van der Waals surface area contributed by atoms with E-state index in [4.69, 9.17) is 11.7 Å². The third-order valence-electron chi connectivity index (χ3n) is 2.98. The molecule has 0 aliphatic heterocycles. The first-order valence-corrected chi connectivity index (χ1v) is 6.88. The van der Waals surface area contributed by atoms with Gasteiger partial charge in [-0.2, -0.15) is 0 Å². The lowest BCUT2D eigenvalue weighted by Gasteiger charge is -2.10. The number of nitrogens with one attached hydrogen (secondary N) is 1. The number of nitrogens with two attached hydrogens (primary N) is 2. The number of nitrogens with zero attached hydrogens (tertiary/aromatic N) is 3. The van der Waals surface area contributed by atoms with Crippen molar-refractivity contribution < 1.29 is 0 Å². The lowest BCUT2D eigenvalue weighted by molar-refractivity contribution is 0.846. The average Bonchev–Trinajstić information content (AvgIpc) is 2.69. The number of aromatic nitrogens is 3. The molecule has 0 atom stereocenters. The maximum atomic E-state index is 5.81. The van der Waals surface area contributed by atoms with Crippen molar-refractivity contribution in [2.24, 2.45) is 5.84 Å². The molecule has 0 radical (unpaired) electrons. The second-order valence-corrected chi connectivity index (χ2v) is 5.43. The van der Waals surface area contributed by atoms with E-state index in [9.17, 15) is 0 Å². The van der Waals surface area contributed by atoms with Gasteiger partial charge in [0, 0.05) is 5.75 Å². The normalized spacial score (nSPS) is 10.7. The second kappa shape index (κ2) is 5.50. The molecular formula is C12H18N6S. The summed E-state index contributed by atoms with van der Waals surface area (Å²) in [6, 6.07) is 4.37. The summed E-state index contributed by atoms with van der Waals surface area (Å²) in [5, 5.41) is 8.46. The van der Waals surface area contributed by atoms with Crippen molar-refractivity contribution >= 4 is 17.7 Å². The van der Waals surface area contributed by atoms with Crippen molar-refractivity contribution in [3.8, 4) is 0 Å². The van der Waals surface area contributed by atoms with Crippen molar-refractivity contribution in [3.63, 3.8) is 0 Å². The van der Waals surface area contributed by atoms with Crippen LogP contribution in [0.1, 0.15) is 22.3 Å². The van der Waals surface area contributed by atoms with Gasteiger partial charge in [0.1, 0.15) is 0 Å². The van der Waals surface area contributed by atoms with Gasteiger partial charge in [0.25, 0.3) is 5.95 Å². The number of anilines is 1. The van der Waals surface area contributed by atoms with Crippen LogP contribution in [0.2, 0.25) is 0 Å². The molecule has 2 aromatic rings. The quantitative estimate of drug-likeness (QED) is 0.445. The summed E-state index contributed by atoms with van der Waals surface area (Å²) in [6.07, 6.45) is 0. The Morgan fingerprint density at radius 1 is 1.21 bits per heavy atom. The lowest BCUT2D eigenvalue weighted by atomic mass is 10.0. The zero-order chi connectivity index (χ0) is 14.0. The molecule has 6 nitrogen and oxygen atoms in total. The van der Waals surface area contributed by atoms with Crippen molar-refractivity contribution in [3.05, 3.63) is 34.4 Å². The third kappa shape index (κ3) is 2.82. The van der Waals surface area contributed by atoms with Crippen LogP contribution in [0.25, 0.3) is 0 Å². The van der Waals surface area contributed by atoms with Gasteiger partial charge in [-0.15, -0.1) is 10.2 Å². The molecule has 19 heavy (non-hydrogen) atoms. The Morgan fingerprint density at radius 3 is 2.37 bits per heavy atom. The fraction of sp³-hybridized carbons (Fsp3) is 0.333. The molecule has 1 aromatic heterocycles. The van der Waals surface area contributed by atoms with E-state index in [0.717, 1.165) is 5.75 Å². The highest BCUT2D eigenvalue weighted by atomic mass is 32.2. The van der Waals surface area contributed by atoms with Gasteiger partial charge >= 0.3 is 0 Å². The molecule has 0 aliphatic rings. The monoisotopic (exact) mass is 278 g/mol.